The molecule has 0 aliphatic heterocycles. The fourth-order valence-corrected chi connectivity index (χ4v) is 0.691. The number of hydrogen-bond acceptors (Lipinski definition) is 4. The number of aromatic nitrogens is 1. The van der Waals surface area contributed by atoms with Crippen molar-refractivity contribution >= 4 is 5.69 Å². The first kappa shape index (κ1) is 7.62. The van der Waals surface area contributed by atoms with E-state index in [4.69, 9.17) is 5.73 Å². The van der Waals surface area contributed by atoms with Crippen LogP contribution in [-0.4, -0.2) is 9.91 Å². The zero-order valence-electron chi connectivity index (χ0n) is 5.73. The van der Waals surface area contributed by atoms with Gasteiger partial charge < -0.3 is 5.73 Å². The molecule has 1 rings (SSSR count). The van der Waals surface area contributed by atoms with Crippen LogP contribution >= 0.6 is 0 Å². The minimum atomic E-state index is -0.471. The smallest absolute Gasteiger partial charge is 0.272 e. The molecule has 5 nitrogen and oxygen atoms in total. The van der Waals surface area contributed by atoms with Crippen LogP contribution in [0.4, 0.5) is 5.69 Å². The molecule has 1 aromatic heterocycles. The van der Waals surface area contributed by atoms with Crippen LogP contribution in [0.25, 0.3) is 0 Å². The molecule has 5 heteroatoms. The van der Waals surface area contributed by atoms with Gasteiger partial charge in [0.15, 0.2) is 0 Å². The topological polar surface area (TPSA) is 82.0 Å². The predicted octanol–water partition coefficient (Wildman–Crippen LogP) is 0.449. The average Bonchev–Trinajstić information content (AvgIpc) is 2.05. The summed E-state index contributed by atoms with van der Waals surface area (Å²) < 4.78 is 0. The van der Waals surface area contributed by atoms with Crippen LogP contribution in [-0.2, 0) is 6.54 Å². The molecule has 0 atom stereocenters. The third-order valence-electron chi connectivity index (χ3n) is 1.22. The molecule has 0 aromatic carbocycles. The third kappa shape index (κ3) is 1.71. The maximum atomic E-state index is 10.2. The number of nitro groups is 1. The predicted molar refractivity (Wildman–Crippen MR) is 38.8 cm³/mol. The van der Waals surface area contributed by atoms with Crippen molar-refractivity contribution in [3.05, 3.63) is 34.1 Å². The van der Waals surface area contributed by atoms with Crippen molar-refractivity contribution in [3.8, 4) is 0 Å². The molecule has 11 heavy (non-hydrogen) atoms. The molecule has 0 fully saturated rings. The maximum Gasteiger partial charge on any atom is 0.272 e. The molecular weight excluding hydrogens is 146 g/mol. The summed E-state index contributed by atoms with van der Waals surface area (Å²) >= 11 is 0. The highest BCUT2D eigenvalue weighted by Gasteiger charge is 2.04. The molecule has 1 aromatic rings. The van der Waals surface area contributed by atoms with E-state index < -0.39 is 4.92 Å². The maximum absolute atomic E-state index is 10.2. The first-order chi connectivity index (χ1) is 5.24. The summed E-state index contributed by atoms with van der Waals surface area (Å²) in [6.07, 6.45) is 1.38. The Morgan fingerprint density at radius 2 is 2.45 bits per heavy atom. The summed E-state index contributed by atoms with van der Waals surface area (Å²) in [5.74, 6) is 0. The number of rotatable bonds is 2. The fourth-order valence-electron chi connectivity index (χ4n) is 0.691. The van der Waals surface area contributed by atoms with Crippen LogP contribution < -0.4 is 5.73 Å². The molecule has 0 bridgehead atoms. The summed E-state index contributed by atoms with van der Waals surface area (Å²) in [5.41, 5.74) is 5.79. The van der Waals surface area contributed by atoms with Gasteiger partial charge in [0.1, 0.15) is 0 Å². The van der Waals surface area contributed by atoms with Crippen molar-refractivity contribution < 1.29 is 4.92 Å². The highest BCUT2D eigenvalue weighted by atomic mass is 16.6. The first-order valence-corrected chi connectivity index (χ1v) is 3.03. The van der Waals surface area contributed by atoms with E-state index in [0.29, 0.717) is 5.69 Å². The van der Waals surface area contributed by atoms with Crippen LogP contribution in [0.15, 0.2) is 18.3 Å². The average molecular weight is 153 g/mol. The second-order valence-electron chi connectivity index (χ2n) is 1.97. The summed E-state index contributed by atoms with van der Waals surface area (Å²) in [6, 6.07) is 2.69. The van der Waals surface area contributed by atoms with Crippen LogP contribution in [0.1, 0.15) is 5.69 Å². The Labute approximate surface area is 63.0 Å². The van der Waals surface area contributed by atoms with E-state index in [9.17, 15) is 10.1 Å². The molecule has 0 aliphatic rings. The zero-order chi connectivity index (χ0) is 8.27. The van der Waals surface area contributed by atoms with Gasteiger partial charge in [-0.2, -0.15) is 0 Å². The van der Waals surface area contributed by atoms with Gasteiger partial charge in [0, 0.05) is 24.9 Å². The number of nitrogens with zero attached hydrogens (tertiary/aromatic N) is 2. The van der Waals surface area contributed by atoms with Crippen LogP contribution in [0.2, 0.25) is 0 Å². The highest BCUT2D eigenvalue weighted by molar-refractivity contribution is 5.29. The van der Waals surface area contributed by atoms with Crippen molar-refractivity contribution in [2.45, 2.75) is 6.54 Å². The molecule has 0 spiro atoms. The van der Waals surface area contributed by atoms with E-state index in [1.807, 2.05) is 0 Å². The molecule has 58 valence electrons. The molecule has 0 aliphatic carbocycles. The number of pyridine rings is 1. The normalized spacial score (nSPS) is 9.55. The summed E-state index contributed by atoms with van der Waals surface area (Å²) in [4.78, 5) is 13.5. The van der Waals surface area contributed by atoms with Crippen LogP contribution in [0, 0.1) is 10.1 Å². The van der Waals surface area contributed by atoms with E-state index >= 15 is 0 Å². The first-order valence-electron chi connectivity index (χ1n) is 3.03. The minimum Gasteiger partial charge on any atom is -0.325 e. The van der Waals surface area contributed by atoms with E-state index in [1.54, 1.807) is 0 Å². The highest BCUT2D eigenvalue weighted by Crippen LogP contribution is 2.09. The lowest BCUT2D eigenvalue weighted by Crippen LogP contribution is -2.00. The lowest BCUT2D eigenvalue weighted by Gasteiger charge is -1.93. The van der Waals surface area contributed by atoms with Gasteiger partial charge in [-0.05, 0) is 0 Å². The summed E-state index contributed by atoms with van der Waals surface area (Å²) in [7, 11) is 0. The van der Waals surface area contributed by atoms with Gasteiger partial charge >= 0.3 is 0 Å². The van der Waals surface area contributed by atoms with Crippen molar-refractivity contribution in [2.75, 3.05) is 0 Å². The van der Waals surface area contributed by atoms with Crippen LogP contribution in [0.3, 0.4) is 0 Å². The molecule has 0 radical (unpaired) electrons. The van der Waals surface area contributed by atoms with E-state index in [1.165, 1.54) is 18.3 Å². The quantitative estimate of drug-likeness (QED) is 0.494. The van der Waals surface area contributed by atoms with Crippen molar-refractivity contribution in [3.63, 3.8) is 0 Å². The SMILES string of the molecule is NCc1cc([N+](=O)[O-])ccn1. The monoisotopic (exact) mass is 153 g/mol. The van der Waals surface area contributed by atoms with E-state index in [2.05, 4.69) is 4.98 Å². The minimum absolute atomic E-state index is 0.0282. The van der Waals surface area contributed by atoms with Crippen molar-refractivity contribution in [1.82, 2.24) is 4.98 Å². The molecule has 1 heterocycles. The summed E-state index contributed by atoms with van der Waals surface area (Å²) in [6.45, 7) is 0.224. The lowest BCUT2D eigenvalue weighted by atomic mass is 10.3. The van der Waals surface area contributed by atoms with Crippen LogP contribution in [0.5, 0.6) is 0 Å². The van der Waals surface area contributed by atoms with Gasteiger partial charge in [0.05, 0.1) is 10.6 Å². The van der Waals surface area contributed by atoms with Gasteiger partial charge in [0.25, 0.3) is 5.69 Å². The Morgan fingerprint density at radius 3 is 3.00 bits per heavy atom. The van der Waals surface area contributed by atoms with Gasteiger partial charge in [-0.3, -0.25) is 15.1 Å². The van der Waals surface area contributed by atoms with Gasteiger partial charge in [-0.15, -0.1) is 0 Å². The Kier molecular flexibility index (Phi) is 2.12. The Hall–Kier alpha value is -1.49. The van der Waals surface area contributed by atoms with Crippen molar-refractivity contribution in [2.24, 2.45) is 5.73 Å². The van der Waals surface area contributed by atoms with E-state index in [0.717, 1.165) is 0 Å². The Bertz CT molecular complexity index is 274. The Morgan fingerprint density at radius 1 is 1.73 bits per heavy atom. The standard InChI is InChI=1S/C6H7N3O2/c7-4-5-3-6(9(10)11)1-2-8-5/h1-3H,4,7H2. The Balaban J connectivity index is 3.01. The lowest BCUT2D eigenvalue weighted by molar-refractivity contribution is -0.385. The fraction of sp³-hybridized carbons (Fsp3) is 0.167. The van der Waals surface area contributed by atoms with E-state index in [-0.39, 0.29) is 12.2 Å². The third-order valence-corrected chi connectivity index (χ3v) is 1.22. The second-order valence-corrected chi connectivity index (χ2v) is 1.97. The second kappa shape index (κ2) is 3.07. The molecule has 2 N–H and O–H groups in total. The van der Waals surface area contributed by atoms with Gasteiger partial charge in [-0.1, -0.05) is 0 Å². The molecule has 0 amide bonds. The zero-order valence-corrected chi connectivity index (χ0v) is 5.73. The van der Waals surface area contributed by atoms with Crippen molar-refractivity contribution in [1.29, 1.82) is 0 Å². The largest absolute Gasteiger partial charge is 0.325 e. The molecular formula is C6H7N3O2. The molecule has 0 unspecified atom stereocenters. The van der Waals surface area contributed by atoms with Gasteiger partial charge in [0.2, 0.25) is 0 Å². The summed E-state index contributed by atoms with van der Waals surface area (Å²) in [5, 5.41) is 10.2. The number of hydrogen-bond donors (Lipinski definition) is 1. The molecule has 0 saturated heterocycles. The molecule has 0 saturated carbocycles. The van der Waals surface area contributed by atoms with Gasteiger partial charge in [-0.25, -0.2) is 0 Å². The number of nitrogens with two attached hydrogens (primary N) is 1.